The predicted molar refractivity (Wildman–Crippen MR) is 216 cm³/mol. The van der Waals surface area contributed by atoms with Crippen molar-refractivity contribution in [2.75, 3.05) is 59.2 Å². The van der Waals surface area contributed by atoms with Crippen LogP contribution in [0.25, 0.3) is 0 Å². The number of allylic oxidation sites excluding steroid dienone is 1. The van der Waals surface area contributed by atoms with E-state index >= 15 is 0 Å². The largest absolute Gasteiger partial charge is 0.492 e. The summed E-state index contributed by atoms with van der Waals surface area (Å²) in [5.74, 6) is -0.0192. The van der Waals surface area contributed by atoms with Crippen molar-refractivity contribution in [1.29, 1.82) is 0 Å². The van der Waals surface area contributed by atoms with Crippen LogP contribution in [0.5, 0.6) is 11.5 Å². The summed E-state index contributed by atoms with van der Waals surface area (Å²) in [5.41, 5.74) is 2.06. The fourth-order valence-corrected chi connectivity index (χ4v) is 8.49. The van der Waals surface area contributed by atoms with E-state index in [4.69, 9.17) is 28.9 Å². The quantitative estimate of drug-likeness (QED) is 0.0595. The molecule has 0 radical (unpaired) electrons. The first-order valence-corrected chi connectivity index (χ1v) is 20.8. The Bertz CT molecular complexity index is 1490. The van der Waals surface area contributed by atoms with E-state index in [1.54, 1.807) is 11.0 Å². The third-order valence-corrected chi connectivity index (χ3v) is 11.0. The molecule has 1 amide bonds. The SMILES string of the molecule is C=CCO[C@@]12Oc3ccc(OCCN4CC4)cc3[C@H]3[C@H](CCCCO)[C@@H](CCCCO)C=C(C(=NOC(C)(C)C)C[C@@H]1N(CCC)C(=O)OCC(C)(C)C)[C@H]32. The molecule has 2 fully saturated rings. The number of hydrogen-bond acceptors (Lipinski definition) is 10. The van der Waals surface area contributed by atoms with Crippen LogP contribution >= 0.6 is 0 Å². The molecule has 0 unspecified atom stereocenters. The average Bonchev–Trinajstić information content (AvgIpc) is 3.96. The molecule has 1 aromatic rings. The number of unbranched alkanes of at least 4 members (excludes halogenated alkanes) is 2. The minimum atomic E-state index is -1.32. The molecule has 1 saturated heterocycles. The van der Waals surface area contributed by atoms with Gasteiger partial charge in [-0.2, -0.15) is 0 Å². The molecule has 1 saturated carbocycles. The second-order valence-electron chi connectivity index (χ2n) is 18.0. The van der Waals surface area contributed by atoms with Gasteiger partial charge in [-0.05, 0) is 93.9 Å². The molecule has 5 rings (SSSR count). The summed E-state index contributed by atoms with van der Waals surface area (Å²) in [7, 11) is 0. The molecule has 1 aromatic carbocycles. The van der Waals surface area contributed by atoms with Gasteiger partial charge in [-0.3, -0.25) is 9.80 Å². The van der Waals surface area contributed by atoms with Crippen molar-refractivity contribution in [2.45, 2.75) is 123 Å². The Morgan fingerprint density at radius 2 is 1.82 bits per heavy atom. The fourth-order valence-electron chi connectivity index (χ4n) is 8.49. The van der Waals surface area contributed by atoms with E-state index in [-0.39, 0.29) is 55.5 Å². The van der Waals surface area contributed by atoms with Gasteiger partial charge in [0.05, 0.1) is 24.8 Å². The number of oxime groups is 1. The minimum absolute atomic E-state index is 0.112. The van der Waals surface area contributed by atoms with Gasteiger partial charge in [0.2, 0.25) is 5.79 Å². The molecule has 2 aliphatic carbocycles. The first kappa shape index (κ1) is 43.0. The number of nitrogens with zero attached hydrogens (tertiary/aromatic N) is 3. The van der Waals surface area contributed by atoms with Gasteiger partial charge in [-0.15, -0.1) is 6.58 Å². The maximum Gasteiger partial charge on any atom is 0.410 e. The molecule has 2 aliphatic heterocycles. The molecule has 11 heteroatoms. The van der Waals surface area contributed by atoms with Crippen molar-refractivity contribution in [3.63, 3.8) is 0 Å². The predicted octanol–water partition coefficient (Wildman–Crippen LogP) is 7.71. The zero-order valence-corrected chi connectivity index (χ0v) is 34.7. The highest BCUT2D eigenvalue weighted by Crippen LogP contribution is 2.62. The summed E-state index contributed by atoms with van der Waals surface area (Å²) >= 11 is 0. The van der Waals surface area contributed by atoms with E-state index in [1.807, 2.05) is 32.9 Å². The van der Waals surface area contributed by atoms with E-state index in [0.717, 1.165) is 74.3 Å². The molecule has 11 nitrogen and oxygen atoms in total. The van der Waals surface area contributed by atoms with Crippen LogP contribution in [0.3, 0.4) is 0 Å². The van der Waals surface area contributed by atoms with E-state index in [0.29, 0.717) is 38.2 Å². The molecule has 55 heavy (non-hydrogen) atoms. The van der Waals surface area contributed by atoms with Gasteiger partial charge >= 0.3 is 6.09 Å². The summed E-state index contributed by atoms with van der Waals surface area (Å²) in [4.78, 5) is 24.7. The number of carbonyl (C=O) groups is 1. The number of hydrogen-bond donors (Lipinski definition) is 2. The number of benzene rings is 1. The minimum Gasteiger partial charge on any atom is -0.492 e. The highest BCUT2D eigenvalue weighted by Gasteiger charge is 2.65. The van der Waals surface area contributed by atoms with E-state index in [2.05, 4.69) is 51.3 Å². The average molecular weight is 768 g/mol. The zero-order chi connectivity index (χ0) is 39.8. The van der Waals surface area contributed by atoms with Gasteiger partial charge in [0.1, 0.15) is 29.7 Å². The Morgan fingerprint density at radius 1 is 1.09 bits per heavy atom. The van der Waals surface area contributed by atoms with Crippen LogP contribution in [-0.4, -0.2) is 108 Å². The molecule has 6 atom stereocenters. The van der Waals surface area contributed by atoms with Crippen molar-refractivity contribution in [2.24, 2.45) is 28.3 Å². The molecule has 0 aromatic heterocycles. The Morgan fingerprint density at radius 3 is 2.45 bits per heavy atom. The zero-order valence-electron chi connectivity index (χ0n) is 34.7. The number of carbonyl (C=O) groups excluding carboxylic acids is 1. The van der Waals surface area contributed by atoms with Crippen LogP contribution in [0.15, 0.2) is 47.7 Å². The van der Waals surface area contributed by atoms with Crippen molar-refractivity contribution < 1.29 is 38.8 Å². The first-order valence-electron chi connectivity index (χ1n) is 20.8. The monoisotopic (exact) mass is 768 g/mol. The topological polar surface area (TPSA) is 122 Å². The van der Waals surface area contributed by atoms with Crippen LogP contribution in [-0.2, 0) is 14.3 Å². The van der Waals surface area contributed by atoms with Gasteiger partial charge in [0.25, 0.3) is 0 Å². The standard InChI is InChI=1S/C44H69N3O8/c1-9-19-47(41(50)52-30-42(3,4)5)38-29-36(45-55-43(6,7)8)34-27-31(15-11-13-23-48)33(16-12-14-24-49)39-35-28-32(51-26-22-46-20-21-46)17-18-37(35)54-44(38,40(34)39)53-25-10-2/h10,17-18,27-28,31,33,38-40,48-49H,2,9,11-16,19-26,29-30H2,1,3-8H3/t31-,33+,38-,39+,40+,44+/m0/s1. The van der Waals surface area contributed by atoms with Gasteiger partial charge in [-0.25, -0.2) is 4.79 Å². The summed E-state index contributed by atoms with van der Waals surface area (Å²) in [6.45, 7) is 23.1. The van der Waals surface area contributed by atoms with Crippen molar-refractivity contribution in [3.05, 3.63) is 48.1 Å². The lowest BCUT2D eigenvalue weighted by Gasteiger charge is -2.60. The van der Waals surface area contributed by atoms with Crippen LogP contribution in [0.2, 0.25) is 0 Å². The van der Waals surface area contributed by atoms with E-state index in [9.17, 15) is 15.0 Å². The molecule has 0 bridgehead atoms. The molecule has 308 valence electrons. The number of amides is 1. The number of rotatable bonds is 20. The smallest absolute Gasteiger partial charge is 0.410 e. The van der Waals surface area contributed by atoms with Gasteiger partial charge in [-0.1, -0.05) is 57.8 Å². The van der Waals surface area contributed by atoms with Crippen LogP contribution in [0.1, 0.15) is 111 Å². The lowest BCUT2D eigenvalue weighted by Crippen LogP contribution is -2.70. The Balaban J connectivity index is 1.74. The normalized spacial score (nSPS) is 26.7. The number of ether oxygens (including phenoxy) is 4. The Kier molecular flexibility index (Phi) is 14.8. The molecule has 2 N–H and O–H groups in total. The van der Waals surface area contributed by atoms with Gasteiger partial charge in [0, 0.05) is 57.3 Å². The number of fused-ring (bicyclic) bond motifs is 2. The first-order chi connectivity index (χ1) is 26.2. The summed E-state index contributed by atoms with van der Waals surface area (Å²) < 4.78 is 26.8. The third-order valence-electron chi connectivity index (χ3n) is 11.0. The molecule has 4 aliphatic rings. The lowest BCUT2D eigenvalue weighted by molar-refractivity contribution is -0.255. The number of aliphatic hydroxyl groups excluding tert-OH is 2. The van der Waals surface area contributed by atoms with Crippen molar-refractivity contribution in [3.8, 4) is 11.5 Å². The van der Waals surface area contributed by atoms with Gasteiger partial charge in [0.15, 0.2) is 0 Å². The molecular formula is C44H69N3O8. The maximum atomic E-state index is 14.3. The van der Waals surface area contributed by atoms with Crippen LogP contribution in [0.4, 0.5) is 4.79 Å². The third kappa shape index (κ3) is 10.8. The van der Waals surface area contributed by atoms with Crippen LogP contribution < -0.4 is 9.47 Å². The number of aliphatic hydroxyl groups is 2. The lowest BCUT2D eigenvalue weighted by atomic mass is 9.55. The van der Waals surface area contributed by atoms with Crippen molar-refractivity contribution in [1.82, 2.24) is 9.80 Å². The maximum absolute atomic E-state index is 14.3. The van der Waals surface area contributed by atoms with Gasteiger partial charge < -0.3 is 34.0 Å². The second-order valence-corrected chi connectivity index (χ2v) is 18.0. The van der Waals surface area contributed by atoms with E-state index in [1.165, 1.54) is 0 Å². The van der Waals surface area contributed by atoms with Crippen molar-refractivity contribution >= 4 is 11.8 Å². The van der Waals surface area contributed by atoms with E-state index < -0.39 is 23.5 Å². The Labute approximate surface area is 330 Å². The summed E-state index contributed by atoms with van der Waals surface area (Å²) in [5, 5.41) is 24.7. The fraction of sp³-hybridized carbons (Fsp3) is 0.727. The molecular weight excluding hydrogens is 698 g/mol. The highest BCUT2D eigenvalue weighted by molar-refractivity contribution is 6.03. The molecule has 0 spiro atoms. The summed E-state index contributed by atoms with van der Waals surface area (Å²) in [6, 6.07) is 5.52. The van der Waals surface area contributed by atoms with Crippen LogP contribution in [0, 0.1) is 23.2 Å². The summed E-state index contributed by atoms with van der Waals surface area (Å²) in [6.07, 6.45) is 9.63. The molecule has 2 heterocycles. The second kappa shape index (κ2) is 18.9. The Hall–Kier alpha value is -3.12. The highest BCUT2D eigenvalue weighted by atomic mass is 16.7.